The van der Waals surface area contributed by atoms with E-state index in [9.17, 15) is 0 Å². The average molecular weight is 151 g/mol. The molecule has 1 saturated heterocycles. The molecule has 0 spiro atoms. The van der Waals surface area contributed by atoms with Crippen molar-refractivity contribution >= 4 is 0 Å². The monoisotopic (exact) mass is 151 g/mol. The summed E-state index contributed by atoms with van der Waals surface area (Å²) in [7, 11) is 2.33. The maximum atomic E-state index is 2.64. The van der Waals surface area contributed by atoms with Crippen LogP contribution >= 0.6 is 0 Å². The highest BCUT2D eigenvalue weighted by atomic mass is 15.2. The van der Waals surface area contributed by atoms with Gasteiger partial charge in [-0.3, -0.25) is 0 Å². The summed E-state index contributed by atoms with van der Waals surface area (Å²) in [5.74, 6) is 3.30. The highest BCUT2D eigenvalue weighted by Crippen LogP contribution is 2.57. The summed E-state index contributed by atoms with van der Waals surface area (Å²) in [5, 5.41) is 0. The Morgan fingerprint density at radius 1 is 1.09 bits per heavy atom. The standard InChI is InChI=1S/C10H17N/c1-6-7-3-8-5-10(11(6)2)9(8)4-7/h6-10H,3-5H2,1-2H3. The predicted molar refractivity (Wildman–Crippen MR) is 45.3 cm³/mol. The maximum absolute atomic E-state index is 2.64. The first-order chi connectivity index (χ1) is 5.27. The Hall–Kier alpha value is -0.0400. The molecule has 1 aliphatic heterocycles. The van der Waals surface area contributed by atoms with E-state index in [2.05, 4.69) is 18.9 Å². The molecule has 0 aromatic carbocycles. The number of piperidine rings is 1. The van der Waals surface area contributed by atoms with Crippen molar-refractivity contribution in [2.45, 2.75) is 38.3 Å². The third-order valence-corrected chi connectivity index (χ3v) is 4.67. The Morgan fingerprint density at radius 3 is 2.73 bits per heavy atom. The molecule has 62 valence electrons. The van der Waals surface area contributed by atoms with Gasteiger partial charge in [-0.2, -0.15) is 0 Å². The third-order valence-electron chi connectivity index (χ3n) is 4.67. The molecular weight excluding hydrogens is 134 g/mol. The lowest BCUT2D eigenvalue weighted by atomic mass is 9.70. The topological polar surface area (TPSA) is 3.24 Å². The SMILES string of the molecule is CC1C2CC3CC(C3C2)N1C. The number of fused-ring (bicyclic) bond motifs is 1. The summed E-state index contributed by atoms with van der Waals surface area (Å²) in [4.78, 5) is 2.64. The van der Waals surface area contributed by atoms with Gasteiger partial charge in [0.25, 0.3) is 0 Å². The van der Waals surface area contributed by atoms with Gasteiger partial charge in [0.05, 0.1) is 0 Å². The molecule has 1 heteroatoms. The fraction of sp³-hybridized carbons (Fsp3) is 1.00. The Kier molecular flexibility index (Phi) is 1.07. The van der Waals surface area contributed by atoms with Crippen molar-refractivity contribution in [1.29, 1.82) is 0 Å². The molecule has 1 nitrogen and oxygen atoms in total. The van der Waals surface area contributed by atoms with Gasteiger partial charge in [-0.05, 0) is 51.0 Å². The molecule has 2 aliphatic carbocycles. The number of hydrogen-bond donors (Lipinski definition) is 0. The fourth-order valence-corrected chi connectivity index (χ4v) is 3.73. The lowest BCUT2D eigenvalue weighted by molar-refractivity contribution is -0.00418. The van der Waals surface area contributed by atoms with Gasteiger partial charge in [0.15, 0.2) is 0 Å². The van der Waals surface area contributed by atoms with Crippen molar-refractivity contribution in [1.82, 2.24) is 4.90 Å². The molecule has 5 atom stereocenters. The maximum Gasteiger partial charge on any atom is 0.0129 e. The van der Waals surface area contributed by atoms with Gasteiger partial charge in [-0.25, -0.2) is 0 Å². The Balaban J connectivity index is 1.94. The normalized spacial score (nSPS) is 61.1. The predicted octanol–water partition coefficient (Wildman–Crippen LogP) is 1.74. The van der Waals surface area contributed by atoms with Gasteiger partial charge in [0, 0.05) is 12.1 Å². The fourth-order valence-electron chi connectivity index (χ4n) is 3.73. The summed E-state index contributed by atoms with van der Waals surface area (Å²) in [6.07, 6.45) is 4.62. The van der Waals surface area contributed by atoms with Crippen LogP contribution in [-0.4, -0.2) is 24.0 Å². The summed E-state index contributed by atoms with van der Waals surface area (Å²) < 4.78 is 0. The zero-order valence-electron chi connectivity index (χ0n) is 7.46. The van der Waals surface area contributed by atoms with E-state index in [0.29, 0.717) is 0 Å². The Morgan fingerprint density at radius 2 is 1.91 bits per heavy atom. The van der Waals surface area contributed by atoms with Gasteiger partial charge in [-0.1, -0.05) is 0 Å². The second kappa shape index (κ2) is 1.82. The first-order valence-electron chi connectivity index (χ1n) is 4.99. The number of nitrogens with zero attached hydrogens (tertiary/aromatic N) is 1. The van der Waals surface area contributed by atoms with Crippen LogP contribution in [-0.2, 0) is 0 Å². The zero-order chi connectivity index (χ0) is 7.59. The molecule has 0 radical (unpaired) electrons. The van der Waals surface area contributed by atoms with Crippen LogP contribution in [0.3, 0.4) is 0 Å². The van der Waals surface area contributed by atoms with E-state index in [1.165, 1.54) is 6.42 Å². The second-order valence-corrected chi connectivity index (χ2v) is 4.86. The minimum Gasteiger partial charge on any atom is -0.300 e. The minimum absolute atomic E-state index is 0.878. The van der Waals surface area contributed by atoms with E-state index >= 15 is 0 Å². The molecule has 11 heavy (non-hydrogen) atoms. The van der Waals surface area contributed by atoms with E-state index in [1.54, 1.807) is 12.8 Å². The van der Waals surface area contributed by atoms with Crippen LogP contribution in [0.25, 0.3) is 0 Å². The average Bonchev–Trinajstić information content (AvgIpc) is 2.17. The first-order valence-corrected chi connectivity index (χ1v) is 4.99. The van der Waals surface area contributed by atoms with E-state index in [1.807, 2.05) is 0 Å². The molecule has 0 N–H and O–H groups in total. The highest BCUT2D eigenvalue weighted by molar-refractivity contribution is 5.08. The summed E-state index contributed by atoms with van der Waals surface area (Å²) in [6, 6.07) is 1.86. The quantitative estimate of drug-likeness (QED) is 0.509. The van der Waals surface area contributed by atoms with Crippen LogP contribution < -0.4 is 0 Å². The summed E-state index contributed by atoms with van der Waals surface area (Å²) in [5.41, 5.74) is 0. The number of rotatable bonds is 0. The van der Waals surface area contributed by atoms with Crippen LogP contribution in [0.5, 0.6) is 0 Å². The first kappa shape index (κ1) is 6.47. The lowest BCUT2D eigenvalue weighted by Crippen LogP contribution is -2.54. The van der Waals surface area contributed by atoms with Gasteiger partial charge in [0.1, 0.15) is 0 Å². The van der Waals surface area contributed by atoms with Crippen molar-refractivity contribution in [3.05, 3.63) is 0 Å². The highest BCUT2D eigenvalue weighted by Gasteiger charge is 2.55. The molecular formula is C10H17N. The van der Waals surface area contributed by atoms with E-state index in [-0.39, 0.29) is 0 Å². The minimum atomic E-state index is 0.878. The van der Waals surface area contributed by atoms with Crippen LogP contribution in [0.2, 0.25) is 0 Å². The summed E-state index contributed by atoms with van der Waals surface area (Å²) in [6.45, 7) is 2.42. The lowest BCUT2D eigenvalue weighted by Gasteiger charge is -2.50. The van der Waals surface area contributed by atoms with Crippen LogP contribution in [0.1, 0.15) is 26.2 Å². The van der Waals surface area contributed by atoms with Gasteiger partial charge >= 0.3 is 0 Å². The molecule has 1 heterocycles. The molecule has 3 fully saturated rings. The molecule has 0 aromatic rings. The smallest absolute Gasteiger partial charge is 0.0129 e. The molecule has 0 aromatic heterocycles. The number of likely N-dealkylation sites (tertiary alicyclic amines) is 1. The van der Waals surface area contributed by atoms with Crippen molar-refractivity contribution in [3.63, 3.8) is 0 Å². The molecule has 0 amide bonds. The molecule has 5 unspecified atom stereocenters. The van der Waals surface area contributed by atoms with Crippen LogP contribution in [0, 0.1) is 17.8 Å². The number of hydrogen-bond acceptors (Lipinski definition) is 1. The second-order valence-electron chi connectivity index (χ2n) is 4.86. The summed E-state index contributed by atoms with van der Waals surface area (Å²) >= 11 is 0. The van der Waals surface area contributed by atoms with Gasteiger partial charge in [-0.15, -0.1) is 0 Å². The van der Waals surface area contributed by atoms with Crippen LogP contribution in [0.4, 0.5) is 0 Å². The largest absolute Gasteiger partial charge is 0.300 e. The van der Waals surface area contributed by atoms with Crippen molar-refractivity contribution in [2.75, 3.05) is 7.05 Å². The Labute approximate surface area is 68.8 Å². The Bertz CT molecular complexity index is 177. The van der Waals surface area contributed by atoms with Gasteiger partial charge in [0.2, 0.25) is 0 Å². The van der Waals surface area contributed by atoms with Crippen molar-refractivity contribution < 1.29 is 0 Å². The van der Waals surface area contributed by atoms with Crippen LogP contribution in [0.15, 0.2) is 0 Å². The van der Waals surface area contributed by atoms with Crippen molar-refractivity contribution in [2.24, 2.45) is 17.8 Å². The molecule has 2 bridgehead atoms. The third kappa shape index (κ3) is 0.618. The zero-order valence-corrected chi connectivity index (χ0v) is 7.46. The van der Waals surface area contributed by atoms with E-state index in [0.717, 1.165) is 29.8 Å². The van der Waals surface area contributed by atoms with E-state index in [4.69, 9.17) is 0 Å². The van der Waals surface area contributed by atoms with Crippen molar-refractivity contribution in [3.8, 4) is 0 Å². The van der Waals surface area contributed by atoms with E-state index < -0.39 is 0 Å². The van der Waals surface area contributed by atoms with Gasteiger partial charge < -0.3 is 4.90 Å². The molecule has 3 aliphatic rings. The molecule has 2 saturated carbocycles. The molecule has 3 rings (SSSR count).